The minimum atomic E-state index is 0.354. The van der Waals surface area contributed by atoms with Gasteiger partial charge in [-0.25, -0.2) is 0 Å². The van der Waals surface area contributed by atoms with Crippen molar-refractivity contribution < 1.29 is 5.11 Å². The fourth-order valence-electron chi connectivity index (χ4n) is 2.69. The van der Waals surface area contributed by atoms with Crippen LogP contribution in [0.2, 0.25) is 0 Å². The number of phenolic OH excluding ortho intramolecular Hbond substituents is 1. The molecular formula is C17H18O. The van der Waals surface area contributed by atoms with Crippen LogP contribution in [0.3, 0.4) is 0 Å². The smallest absolute Gasteiger partial charge is 0.115 e. The van der Waals surface area contributed by atoms with Crippen molar-refractivity contribution in [3.63, 3.8) is 0 Å². The van der Waals surface area contributed by atoms with E-state index in [0.717, 1.165) is 18.3 Å². The summed E-state index contributed by atoms with van der Waals surface area (Å²) in [6, 6.07) is 18.4. The predicted octanol–water partition coefficient (Wildman–Crippen LogP) is 4.13. The summed E-state index contributed by atoms with van der Waals surface area (Å²) in [6.07, 6.45) is 3.71. The first-order valence-electron chi connectivity index (χ1n) is 6.66. The van der Waals surface area contributed by atoms with Crippen molar-refractivity contribution >= 4 is 0 Å². The average Bonchev–Trinajstić information content (AvgIpc) is 3.19. The fourth-order valence-corrected chi connectivity index (χ4v) is 2.69. The zero-order chi connectivity index (χ0) is 12.4. The molecule has 2 unspecified atom stereocenters. The molecule has 0 saturated heterocycles. The maximum absolute atomic E-state index is 9.24. The van der Waals surface area contributed by atoms with Gasteiger partial charge in [0.15, 0.2) is 0 Å². The molecule has 92 valence electrons. The van der Waals surface area contributed by atoms with Gasteiger partial charge in [-0.3, -0.25) is 0 Å². The number of aryl methyl sites for hydroxylation is 1. The molecule has 2 aromatic carbocycles. The Kier molecular flexibility index (Phi) is 3.06. The molecule has 2 aromatic rings. The molecule has 0 bridgehead atoms. The minimum absolute atomic E-state index is 0.354. The van der Waals surface area contributed by atoms with E-state index in [9.17, 15) is 5.11 Å². The van der Waals surface area contributed by atoms with Crippen molar-refractivity contribution in [1.82, 2.24) is 0 Å². The van der Waals surface area contributed by atoms with Crippen LogP contribution in [0.1, 0.15) is 29.9 Å². The molecule has 0 aliphatic heterocycles. The summed E-state index contributed by atoms with van der Waals surface area (Å²) < 4.78 is 0. The SMILES string of the molecule is Oc1ccc(CCC2CC2c2ccccc2)cc1. The normalized spacial score (nSPS) is 21.8. The molecule has 0 heterocycles. The van der Waals surface area contributed by atoms with Crippen LogP contribution in [0.25, 0.3) is 0 Å². The third-order valence-electron chi connectivity index (χ3n) is 3.89. The lowest BCUT2D eigenvalue weighted by molar-refractivity contribution is 0.475. The molecule has 1 aliphatic rings. The van der Waals surface area contributed by atoms with Gasteiger partial charge in [0.2, 0.25) is 0 Å². The van der Waals surface area contributed by atoms with Gasteiger partial charge in [-0.2, -0.15) is 0 Å². The molecule has 18 heavy (non-hydrogen) atoms. The lowest BCUT2D eigenvalue weighted by atomic mass is 10.0. The van der Waals surface area contributed by atoms with E-state index in [1.165, 1.54) is 24.0 Å². The molecule has 0 radical (unpaired) electrons. The number of rotatable bonds is 4. The molecule has 0 amide bonds. The summed E-state index contributed by atoms with van der Waals surface area (Å²) in [6.45, 7) is 0. The van der Waals surface area contributed by atoms with Crippen LogP contribution in [0.15, 0.2) is 54.6 Å². The van der Waals surface area contributed by atoms with Crippen molar-refractivity contribution in [2.24, 2.45) is 5.92 Å². The molecule has 1 nitrogen and oxygen atoms in total. The van der Waals surface area contributed by atoms with Crippen LogP contribution in [-0.2, 0) is 6.42 Å². The van der Waals surface area contributed by atoms with Crippen molar-refractivity contribution in [3.8, 4) is 5.75 Å². The third kappa shape index (κ3) is 2.56. The van der Waals surface area contributed by atoms with Crippen LogP contribution >= 0.6 is 0 Å². The van der Waals surface area contributed by atoms with E-state index in [-0.39, 0.29) is 0 Å². The lowest BCUT2D eigenvalue weighted by Crippen LogP contribution is -1.89. The van der Waals surface area contributed by atoms with Crippen LogP contribution in [0.4, 0.5) is 0 Å². The Morgan fingerprint density at radius 2 is 1.67 bits per heavy atom. The number of aromatic hydroxyl groups is 1. The maximum atomic E-state index is 9.24. The van der Waals surface area contributed by atoms with Gasteiger partial charge in [0.1, 0.15) is 5.75 Å². The first-order valence-corrected chi connectivity index (χ1v) is 6.66. The topological polar surface area (TPSA) is 20.2 Å². The second-order valence-corrected chi connectivity index (χ2v) is 5.22. The zero-order valence-electron chi connectivity index (χ0n) is 10.4. The molecule has 0 aromatic heterocycles. The Balaban J connectivity index is 1.53. The van der Waals surface area contributed by atoms with E-state index in [4.69, 9.17) is 0 Å². The molecule has 0 spiro atoms. The van der Waals surface area contributed by atoms with Crippen molar-refractivity contribution in [2.45, 2.75) is 25.2 Å². The molecular weight excluding hydrogens is 220 g/mol. The monoisotopic (exact) mass is 238 g/mol. The van der Waals surface area contributed by atoms with Gasteiger partial charge in [0.05, 0.1) is 0 Å². The Labute approximate surface area is 108 Å². The van der Waals surface area contributed by atoms with E-state index < -0.39 is 0 Å². The average molecular weight is 238 g/mol. The predicted molar refractivity (Wildman–Crippen MR) is 73.7 cm³/mol. The second-order valence-electron chi connectivity index (χ2n) is 5.22. The number of benzene rings is 2. The Morgan fingerprint density at radius 3 is 2.39 bits per heavy atom. The van der Waals surface area contributed by atoms with Gasteiger partial charge in [-0.1, -0.05) is 42.5 Å². The fraction of sp³-hybridized carbons (Fsp3) is 0.294. The number of hydrogen-bond donors (Lipinski definition) is 1. The molecule has 1 aliphatic carbocycles. The van der Waals surface area contributed by atoms with Crippen LogP contribution in [0.5, 0.6) is 5.75 Å². The lowest BCUT2D eigenvalue weighted by Gasteiger charge is -2.02. The summed E-state index contributed by atoms with van der Waals surface area (Å²) in [7, 11) is 0. The van der Waals surface area contributed by atoms with Gasteiger partial charge in [0, 0.05) is 0 Å². The Hall–Kier alpha value is -1.76. The molecule has 1 N–H and O–H groups in total. The van der Waals surface area contributed by atoms with E-state index in [2.05, 4.69) is 30.3 Å². The molecule has 2 atom stereocenters. The van der Waals surface area contributed by atoms with Crippen molar-refractivity contribution in [3.05, 3.63) is 65.7 Å². The first-order chi connectivity index (χ1) is 8.83. The molecule has 1 heteroatoms. The van der Waals surface area contributed by atoms with Crippen molar-refractivity contribution in [1.29, 1.82) is 0 Å². The van der Waals surface area contributed by atoms with E-state index in [1.807, 2.05) is 12.1 Å². The maximum Gasteiger partial charge on any atom is 0.115 e. The minimum Gasteiger partial charge on any atom is -0.508 e. The highest BCUT2D eigenvalue weighted by molar-refractivity contribution is 5.28. The molecule has 1 fully saturated rings. The van der Waals surface area contributed by atoms with E-state index in [0.29, 0.717) is 5.75 Å². The quantitative estimate of drug-likeness (QED) is 0.849. The second kappa shape index (κ2) is 4.85. The highest BCUT2D eigenvalue weighted by Gasteiger charge is 2.37. The zero-order valence-corrected chi connectivity index (χ0v) is 10.4. The highest BCUT2D eigenvalue weighted by atomic mass is 16.3. The highest BCUT2D eigenvalue weighted by Crippen LogP contribution is 2.49. The molecule has 1 saturated carbocycles. The number of phenols is 1. The van der Waals surface area contributed by atoms with Gasteiger partial charge < -0.3 is 5.11 Å². The third-order valence-corrected chi connectivity index (χ3v) is 3.89. The van der Waals surface area contributed by atoms with Crippen LogP contribution < -0.4 is 0 Å². The van der Waals surface area contributed by atoms with Crippen molar-refractivity contribution in [2.75, 3.05) is 0 Å². The summed E-state index contributed by atoms with van der Waals surface area (Å²) in [5.74, 6) is 1.98. The first kappa shape index (κ1) is 11.3. The van der Waals surface area contributed by atoms with E-state index >= 15 is 0 Å². The summed E-state index contributed by atoms with van der Waals surface area (Å²) in [4.78, 5) is 0. The van der Waals surface area contributed by atoms with Gasteiger partial charge >= 0.3 is 0 Å². The summed E-state index contributed by atoms with van der Waals surface area (Å²) >= 11 is 0. The van der Waals surface area contributed by atoms with Gasteiger partial charge in [-0.15, -0.1) is 0 Å². The summed E-state index contributed by atoms with van der Waals surface area (Å²) in [5, 5.41) is 9.24. The van der Waals surface area contributed by atoms with Crippen LogP contribution in [0, 0.1) is 5.92 Å². The standard InChI is InChI=1S/C17H18O/c18-16-10-7-13(8-11-16)6-9-15-12-17(15)14-4-2-1-3-5-14/h1-5,7-8,10-11,15,17-18H,6,9,12H2. The van der Waals surface area contributed by atoms with Gasteiger partial charge in [0.25, 0.3) is 0 Å². The molecule has 3 rings (SSSR count). The van der Waals surface area contributed by atoms with E-state index in [1.54, 1.807) is 12.1 Å². The largest absolute Gasteiger partial charge is 0.508 e. The number of hydrogen-bond acceptors (Lipinski definition) is 1. The summed E-state index contributed by atoms with van der Waals surface area (Å²) in [5.41, 5.74) is 2.82. The Morgan fingerprint density at radius 1 is 0.944 bits per heavy atom. The van der Waals surface area contributed by atoms with Gasteiger partial charge in [-0.05, 0) is 54.4 Å². The Bertz CT molecular complexity index is 501. The van der Waals surface area contributed by atoms with Crippen LogP contribution in [-0.4, -0.2) is 5.11 Å².